The minimum absolute atomic E-state index is 0.0555. The van der Waals surface area contributed by atoms with E-state index in [2.05, 4.69) is 4.72 Å². The lowest BCUT2D eigenvalue weighted by molar-refractivity contribution is -0.384. The molecule has 0 fully saturated rings. The minimum Gasteiger partial charge on any atom is -0.304 e. The number of nitrogens with zero attached hydrogens (tertiary/aromatic N) is 1. The highest BCUT2D eigenvalue weighted by Gasteiger charge is 2.23. The van der Waals surface area contributed by atoms with Crippen LogP contribution in [0.3, 0.4) is 0 Å². The van der Waals surface area contributed by atoms with Gasteiger partial charge in [-0.05, 0) is 39.2 Å². The summed E-state index contributed by atoms with van der Waals surface area (Å²) in [7, 11) is -1.25. The van der Waals surface area contributed by atoms with Crippen molar-refractivity contribution in [2.24, 2.45) is 0 Å². The van der Waals surface area contributed by atoms with Crippen molar-refractivity contribution in [3.05, 3.63) is 45.5 Å². The molecule has 0 spiro atoms. The van der Waals surface area contributed by atoms with Crippen LogP contribution in [-0.4, -0.2) is 13.9 Å². The standard InChI is InChI=1S/C14H18N2O3S/c1-14(2,3)20(19)15-13-6-4-5-10-7-8-11(16(17)18)9-12(10)13/h6-9,15H,4-5H2,1-3H3/t20-/m1/s1. The molecule has 0 bridgehead atoms. The van der Waals surface area contributed by atoms with Crippen LogP contribution in [0.1, 0.15) is 38.3 Å². The second-order valence-corrected chi connectivity index (χ2v) is 7.70. The van der Waals surface area contributed by atoms with Crippen molar-refractivity contribution in [1.82, 2.24) is 4.72 Å². The molecule has 0 saturated heterocycles. The highest BCUT2D eigenvalue weighted by Crippen LogP contribution is 2.29. The molecule has 0 radical (unpaired) electrons. The van der Waals surface area contributed by atoms with Crippen molar-refractivity contribution in [2.45, 2.75) is 38.4 Å². The number of hydrogen-bond donors (Lipinski definition) is 1. The molecule has 1 N–H and O–H groups in total. The molecular weight excluding hydrogens is 276 g/mol. The molecule has 1 aromatic rings. The fourth-order valence-corrected chi connectivity index (χ4v) is 2.68. The Balaban J connectivity index is 2.34. The average molecular weight is 294 g/mol. The molecular formula is C14H18N2O3S. The third-order valence-corrected chi connectivity index (χ3v) is 4.63. The Hall–Kier alpha value is -1.69. The topological polar surface area (TPSA) is 72.2 Å². The Morgan fingerprint density at radius 1 is 1.35 bits per heavy atom. The third kappa shape index (κ3) is 3.07. The van der Waals surface area contributed by atoms with Gasteiger partial charge in [-0.2, -0.15) is 0 Å². The molecule has 0 heterocycles. The number of nitro groups is 1. The van der Waals surface area contributed by atoms with Crippen LogP contribution in [0.25, 0.3) is 5.70 Å². The van der Waals surface area contributed by atoms with E-state index in [0.717, 1.165) is 29.7 Å². The molecule has 1 aliphatic carbocycles. The molecule has 1 aliphatic rings. The molecule has 1 aromatic carbocycles. The average Bonchev–Trinajstić information content (AvgIpc) is 2.37. The quantitative estimate of drug-likeness (QED) is 0.688. The van der Waals surface area contributed by atoms with E-state index in [1.165, 1.54) is 6.07 Å². The highest BCUT2D eigenvalue weighted by atomic mass is 32.2. The lowest BCUT2D eigenvalue weighted by Gasteiger charge is -2.23. The van der Waals surface area contributed by atoms with Crippen LogP contribution in [-0.2, 0) is 17.4 Å². The largest absolute Gasteiger partial charge is 0.304 e. The first-order valence-corrected chi connectivity index (χ1v) is 7.60. The van der Waals surface area contributed by atoms with Gasteiger partial charge in [-0.3, -0.25) is 10.1 Å². The number of nitro benzene ring substituents is 1. The number of benzene rings is 1. The van der Waals surface area contributed by atoms with Crippen molar-refractivity contribution in [2.75, 3.05) is 0 Å². The number of fused-ring (bicyclic) bond motifs is 1. The van der Waals surface area contributed by atoms with Gasteiger partial charge in [0.1, 0.15) is 11.0 Å². The Morgan fingerprint density at radius 2 is 2.05 bits per heavy atom. The Kier molecular flexibility index (Phi) is 3.94. The van der Waals surface area contributed by atoms with E-state index in [1.54, 1.807) is 12.1 Å². The normalized spacial score (nSPS) is 16.1. The summed E-state index contributed by atoms with van der Waals surface area (Å²) < 4.78 is 14.8. The smallest absolute Gasteiger partial charge is 0.270 e. The Labute approximate surface area is 120 Å². The Bertz CT molecular complexity index is 603. The molecule has 2 rings (SSSR count). The summed E-state index contributed by atoms with van der Waals surface area (Å²) in [5, 5.41) is 10.9. The van der Waals surface area contributed by atoms with E-state index in [4.69, 9.17) is 0 Å². The predicted molar refractivity (Wildman–Crippen MR) is 80.4 cm³/mol. The summed E-state index contributed by atoms with van der Waals surface area (Å²) in [5.74, 6) is 0. The van der Waals surface area contributed by atoms with Gasteiger partial charge in [0.25, 0.3) is 5.69 Å². The van der Waals surface area contributed by atoms with Gasteiger partial charge in [-0.15, -0.1) is 0 Å². The molecule has 20 heavy (non-hydrogen) atoms. The first-order chi connectivity index (χ1) is 9.29. The van der Waals surface area contributed by atoms with Crippen LogP contribution in [0.2, 0.25) is 0 Å². The van der Waals surface area contributed by atoms with Gasteiger partial charge < -0.3 is 4.72 Å². The molecule has 0 aliphatic heterocycles. The number of hydrogen-bond acceptors (Lipinski definition) is 3. The zero-order valence-electron chi connectivity index (χ0n) is 11.8. The number of rotatable bonds is 3. The van der Waals surface area contributed by atoms with Crippen molar-refractivity contribution in [3.63, 3.8) is 0 Å². The van der Waals surface area contributed by atoms with E-state index < -0.39 is 15.9 Å². The molecule has 1 atom stereocenters. The van der Waals surface area contributed by atoms with E-state index >= 15 is 0 Å². The summed E-state index contributed by atoms with van der Waals surface area (Å²) in [6.45, 7) is 5.65. The molecule has 0 amide bonds. The SMILES string of the molecule is CC(C)(C)[S@@](=O)NC1=CCCc2ccc([N+](=O)[O-])cc21. The van der Waals surface area contributed by atoms with E-state index in [9.17, 15) is 14.3 Å². The van der Waals surface area contributed by atoms with Crippen molar-refractivity contribution in [3.8, 4) is 0 Å². The van der Waals surface area contributed by atoms with Gasteiger partial charge in [-0.1, -0.05) is 12.1 Å². The van der Waals surface area contributed by atoms with Crippen LogP contribution in [0, 0.1) is 10.1 Å². The van der Waals surface area contributed by atoms with Crippen LogP contribution in [0.15, 0.2) is 24.3 Å². The lowest BCUT2D eigenvalue weighted by Crippen LogP contribution is -2.33. The van der Waals surface area contributed by atoms with Gasteiger partial charge in [0.2, 0.25) is 0 Å². The first-order valence-electron chi connectivity index (χ1n) is 6.45. The maximum atomic E-state index is 12.2. The van der Waals surface area contributed by atoms with Crippen LogP contribution in [0.4, 0.5) is 5.69 Å². The summed E-state index contributed by atoms with van der Waals surface area (Å²) in [6.07, 6.45) is 3.64. The summed E-state index contributed by atoms with van der Waals surface area (Å²) in [4.78, 5) is 10.5. The highest BCUT2D eigenvalue weighted by molar-refractivity contribution is 7.84. The fourth-order valence-electron chi connectivity index (χ4n) is 1.98. The van der Waals surface area contributed by atoms with E-state index in [0.29, 0.717) is 0 Å². The molecule has 108 valence electrons. The minimum atomic E-state index is -1.25. The predicted octanol–water partition coefficient (Wildman–Crippen LogP) is 2.93. The number of allylic oxidation sites excluding steroid dienone is 1. The molecule has 0 unspecified atom stereocenters. The molecule has 6 heteroatoms. The summed E-state index contributed by atoms with van der Waals surface area (Å²) >= 11 is 0. The monoisotopic (exact) mass is 294 g/mol. The van der Waals surface area contributed by atoms with Gasteiger partial charge in [-0.25, -0.2) is 4.21 Å². The van der Waals surface area contributed by atoms with Crippen molar-refractivity contribution in [1.29, 1.82) is 0 Å². The number of non-ortho nitro benzene ring substituents is 1. The van der Waals surface area contributed by atoms with Crippen molar-refractivity contribution >= 4 is 22.4 Å². The second-order valence-electron chi connectivity index (χ2n) is 5.74. The van der Waals surface area contributed by atoms with Gasteiger partial charge >= 0.3 is 0 Å². The fraction of sp³-hybridized carbons (Fsp3) is 0.429. The molecule has 0 aromatic heterocycles. The zero-order valence-corrected chi connectivity index (χ0v) is 12.6. The second kappa shape index (κ2) is 5.36. The van der Waals surface area contributed by atoms with Gasteiger partial charge in [0, 0.05) is 17.7 Å². The van der Waals surface area contributed by atoms with Gasteiger partial charge in [0.05, 0.1) is 15.4 Å². The third-order valence-electron chi connectivity index (χ3n) is 3.12. The number of nitrogens with one attached hydrogen (secondary N) is 1. The zero-order chi connectivity index (χ0) is 14.9. The van der Waals surface area contributed by atoms with E-state index in [-0.39, 0.29) is 10.4 Å². The number of aryl methyl sites for hydroxylation is 1. The Morgan fingerprint density at radius 3 is 2.65 bits per heavy atom. The maximum Gasteiger partial charge on any atom is 0.270 e. The van der Waals surface area contributed by atoms with Crippen LogP contribution in [0.5, 0.6) is 0 Å². The molecule has 0 saturated carbocycles. The van der Waals surface area contributed by atoms with Crippen LogP contribution >= 0.6 is 0 Å². The first kappa shape index (κ1) is 14.7. The summed E-state index contributed by atoms with van der Waals surface area (Å²) in [5.41, 5.74) is 2.61. The van der Waals surface area contributed by atoms with Gasteiger partial charge in [0.15, 0.2) is 0 Å². The molecule has 5 nitrogen and oxygen atoms in total. The lowest BCUT2D eigenvalue weighted by atomic mass is 9.94. The summed E-state index contributed by atoms with van der Waals surface area (Å²) in [6, 6.07) is 4.85. The van der Waals surface area contributed by atoms with Crippen LogP contribution < -0.4 is 4.72 Å². The van der Waals surface area contributed by atoms with Crippen molar-refractivity contribution < 1.29 is 9.13 Å². The van der Waals surface area contributed by atoms with E-state index in [1.807, 2.05) is 26.8 Å². The maximum absolute atomic E-state index is 12.2.